The first-order valence-electron chi connectivity index (χ1n) is 5.78. The minimum absolute atomic E-state index is 0.380. The van der Waals surface area contributed by atoms with E-state index < -0.39 is 11.6 Å². The lowest BCUT2D eigenvalue weighted by molar-refractivity contribution is -0.0571. The van der Waals surface area contributed by atoms with Crippen LogP contribution in [0.4, 0.5) is 4.39 Å². The summed E-state index contributed by atoms with van der Waals surface area (Å²) < 4.78 is 19.4. The predicted octanol–water partition coefficient (Wildman–Crippen LogP) is 1.93. The minimum atomic E-state index is -0.550. The Hall–Kier alpha value is -1.04. The maximum atomic E-state index is 13.7. The van der Waals surface area contributed by atoms with Crippen LogP contribution in [-0.2, 0) is 4.74 Å². The van der Waals surface area contributed by atoms with Crippen molar-refractivity contribution in [3.05, 3.63) is 29.8 Å². The zero-order chi connectivity index (χ0) is 12.9. The molecule has 0 fully saturated rings. The van der Waals surface area contributed by atoms with E-state index in [0.29, 0.717) is 12.2 Å². The van der Waals surface area contributed by atoms with Crippen molar-refractivity contribution in [2.75, 3.05) is 6.61 Å². The van der Waals surface area contributed by atoms with Crippen molar-refractivity contribution in [3.8, 4) is 0 Å². The Balaban J connectivity index is 3.09. The SMILES string of the molecule is CCOC(C)(CC)C(NN)c1ccncc1F. The van der Waals surface area contributed by atoms with Gasteiger partial charge >= 0.3 is 0 Å². The lowest BCUT2D eigenvalue weighted by Crippen LogP contribution is -2.46. The Kier molecular flexibility index (Phi) is 4.99. The van der Waals surface area contributed by atoms with E-state index in [-0.39, 0.29) is 5.82 Å². The summed E-state index contributed by atoms with van der Waals surface area (Å²) in [6, 6.07) is 1.21. The highest BCUT2D eigenvalue weighted by Crippen LogP contribution is 2.32. The van der Waals surface area contributed by atoms with E-state index in [2.05, 4.69) is 10.4 Å². The number of halogens is 1. The fourth-order valence-electron chi connectivity index (χ4n) is 1.93. The third kappa shape index (κ3) is 3.00. The average Bonchev–Trinajstić information content (AvgIpc) is 2.33. The molecule has 0 saturated carbocycles. The molecule has 0 bridgehead atoms. The number of rotatable bonds is 6. The van der Waals surface area contributed by atoms with Gasteiger partial charge in [0.1, 0.15) is 5.82 Å². The molecule has 2 unspecified atom stereocenters. The second-order valence-electron chi connectivity index (χ2n) is 4.10. The molecule has 2 atom stereocenters. The van der Waals surface area contributed by atoms with E-state index in [1.165, 1.54) is 6.20 Å². The first kappa shape index (κ1) is 14.0. The van der Waals surface area contributed by atoms with Crippen LogP contribution in [0.15, 0.2) is 18.5 Å². The zero-order valence-electron chi connectivity index (χ0n) is 10.5. The Bertz CT molecular complexity index is 361. The summed E-state index contributed by atoms with van der Waals surface area (Å²) in [5.41, 5.74) is 2.57. The molecule has 1 aromatic heterocycles. The second-order valence-corrected chi connectivity index (χ2v) is 4.10. The Labute approximate surface area is 101 Å². The summed E-state index contributed by atoms with van der Waals surface area (Å²) in [6.07, 6.45) is 3.45. The van der Waals surface area contributed by atoms with Gasteiger partial charge in [-0.1, -0.05) is 6.92 Å². The molecule has 0 spiro atoms. The van der Waals surface area contributed by atoms with Crippen LogP contribution in [0, 0.1) is 5.82 Å². The summed E-state index contributed by atoms with van der Waals surface area (Å²) in [7, 11) is 0. The summed E-state index contributed by atoms with van der Waals surface area (Å²) in [4.78, 5) is 3.73. The molecule has 3 N–H and O–H groups in total. The van der Waals surface area contributed by atoms with E-state index in [1.54, 1.807) is 12.3 Å². The molecular formula is C12H20FN3O. The van der Waals surface area contributed by atoms with E-state index in [4.69, 9.17) is 10.6 Å². The van der Waals surface area contributed by atoms with Gasteiger partial charge < -0.3 is 4.74 Å². The minimum Gasteiger partial charge on any atom is -0.374 e. The maximum absolute atomic E-state index is 13.7. The van der Waals surface area contributed by atoms with E-state index in [0.717, 1.165) is 6.42 Å². The summed E-state index contributed by atoms with van der Waals surface area (Å²) >= 11 is 0. The molecule has 1 heterocycles. The topological polar surface area (TPSA) is 60.2 Å². The number of hydrazine groups is 1. The molecule has 0 aromatic carbocycles. The largest absolute Gasteiger partial charge is 0.374 e. The molecule has 4 nitrogen and oxygen atoms in total. The van der Waals surface area contributed by atoms with E-state index in [1.807, 2.05) is 20.8 Å². The van der Waals surface area contributed by atoms with Crippen LogP contribution >= 0.6 is 0 Å². The highest BCUT2D eigenvalue weighted by molar-refractivity contribution is 5.20. The van der Waals surface area contributed by atoms with Crippen molar-refractivity contribution >= 4 is 0 Å². The van der Waals surface area contributed by atoms with Gasteiger partial charge in [-0.05, 0) is 26.3 Å². The van der Waals surface area contributed by atoms with Crippen molar-refractivity contribution in [1.29, 1.82) is 0 Å². The molecule has 0 aliphatic heterocycles. The Morgan fingerprint density at radius 3 is 2.76 bits per heavy atom. The van der Waals surface area contributed by atoms with Gasteiger partial charge in [-0.2, -0.15) is 0 Å². The number of nitrogens with zero attached hydrogens (tertiary/aromatic N) is 1. The number of nitrogens with one attached hydrogen (secondary N) is 1. The fourth-order valence-corrected chi connectivity index (χ4v) is 1.93. The second kappa shape index (κ2) is 6.05. The van der Waals surface area contributed by atoms with Crippen LogP contribution in [0.5, 0.6) is 0 Å². The van der Waals surface area contributed by atoms with Crippen molar-refractivity contribution in [2.24, 2.45) is 5.84 Å². The molecule has 0 amide bonds. The number of hydrogen-bond acceptors (Lipinski definition) is 4. The molecule has 17 heavy (non-hydrogen) atoms. The monoisotopic (exact) mass is 241 g/mol. The van der Waals surface area contributed by atoms with Gasteiger partial charge in [0.15, 0.2) is 0 Å². The summed E-state index contributed by atoms with van der Waals surface area (Å²) in [5.74, 6) is 5.17. The quantitative estimate of drug-likeness (QED) is 0.590. The van der Waals surface area contributed by atoms with Crippen LogP contribution < -0.4 is 11.3 Å². The van der Waals surface area contributed by atoms with Gasteiger partial charge in [-0.3, -0.25) is 10.8 Å². The molecule has 1 aromatic rings. The smallest absolute Gasteiger partial charge is 0.146 e. The highest BCUT2D eigenvalue weighted by atomic mass is 19.1. The fraction of sp³-hybridized carbons (Fsp3) is 0.583. The lowest BCUT2D eigenvalue weighted by atomic mass is 9.88. The third-order valence-electron chi connectivity index (χ3n) is 3.07. The lowest BCUT2D eigenvalue weighted by Gasteiger charge is -2.36. The molecule has 5 heteroatoms. The first-order valence-corrected chi connectivity index (χ1v) is 5.78. The van der Waals surface area contributed by atoms with Crippen LogP contribution in [0.3, 0.4) is 0 Å². The van der Waals surface area contributed by atoms with Gasteiger partial charge in [0.25, 0.3) is 0 Å². The van der Waals surface area contributed by atoms with Gasteiger partial charge in [0.2, 0.25) is 0 Å². The van der Waals surface area contributed by atoms with Gasteiger partial charge in [-0.25, -0.2) is 9.82 Å². The molecular weight excluding hydrogens is 221 g/mol. The maximum Gasteiger partial charge on any atom is 0.146 e. The molecule has 0 radical (unpaired) electrons. The van der Waals surface area contributed by atoms with E-state index >= 15 is 0 Å². The average molecular weight is 241 g/mol. The number of ether oxygens (including phenoxy) is 1. The standard InChI is InChI=1S/C12H20FN3O/c1-4-12(3,17-5-2)11(16-14)9-6-7-15-8-10(9)13/h6-8,11,16H,4-5,14H2,1-3H3. The molecule has 0 saturated heterocycles. The van der Waals surface area contributed by atoms with Gasteiger partial charge in [0.05, 0.1) is 17.8 Å². The van der Waals surface area contributed by atoms with Gasteiger partial charge in [-0.15, -0.1) is 0 Å². The third-order valence-corrected chi connectivity index (χ3v) is 3.07. The van der Waals surface area contributed by atoms with Crippen molar-refractivity contribution in [2.45, 2.75) is 38.8 Å². The highest BCUT2D eigenvalue weighted by Gasteiger charge is 2.35. The number of pyridine rings is 1. The van der Waals surface area contributed by atoms with Crippen LogP contribution in [0.25, 0.3) is 0 Å². The first-order chi connectivity index (χ1) is 8.09. The van der Waals surface area contributed by atoms with Crippen LogP contribution in [0.1, 0.15) is 38.8 Å². The van der Waals surface area contributed by atoms with Crippen molar-refractivity contribution in [1.82, 2.24) is 10.4 Å². The molecule has 1 rings (SSSR count). The van der Waals surface area contributed by atoms with E-state index in [9.17, 15) is 4.39 Å². The predicted molar refractivity (Wildman–Crippen MR) is 64.6 cm³/mol. The van der Waals surface area contributed by atoms with Crippen LogP contribution in [0.2, 0.25) is 0 Å². The Morgan fingerprint density at radius 2 is 2.29 bits per heavy atom. The zero-order valence-corrected chi connectivity index (χ0v) is 10.5. The Morgan fingerprint density at radius 1 is 1.59 bits per heavy atom. The summed E-state index contributed by atoms with van der Waals surface area (Å²) in [5, 5.41) is 0. The van der Waals surface area contributed by atoms with Crippen molar-refractivity contribution in [3.63, 3.8) is 0 Å². The van der Waals surface area contributed by atoms with Crippen LogP contribution in [-0.4, -0.2) is 17.2 Å². The normalized spacial score (nSPS) is 16.5. The van der Waals surface area contributed by atoms with Crippen molar-refractivity contribution < 1.29 is 9.13 Å². The van der Waals surface area contributed by atoms with Gasteiger partial charge in [0, 0.05) is 18.4 Å². The summed E-state index contributed by atoms with van der Waals surface area (Å²) in [6.45, 7) is 6.36. The molecule has 0 aliphatic rings. The number of hydrogen-bond donors (Lipinski definition) is 2. The molecule has 96 valence electrons. The number of aromatic nitrogens is 1. The number of nitrogens with two attached hydrogens (primary N) is 1. The molecule has 0 aliphatic carbocycles.